The van der Waals surface area contributed by atoms with Crippen LogP contribution in [0.4, 0.5) is 5.69 Å². The van der Waals surface area contributed by atoms with Gasteiger partial charge in [0, 0.05) is 32.9 Å². The van der Waals surface area contributed by atoms with E-state index >= 15 is 0 Å². The summed E-state index contributed by atoms with van der Waals surface area (Å²) in [5, 5.41) is 0. The molecule has 1 aliphatic rings. The zero-order chi connectivity index (χ0) is 16.8. The number of hydrogen-bond acceptors (Lipinski definition) is 4. The predicted octanol–water partition coefficient (Wildman–Crippen LogP) is 2.70. The van der Waals surface area contributed by atoms with Gasteiger partial charge < -0.3 is 14.5 Å². The molecule has 1 heterocycles. The molecule has 5 heteroatoms. The number of rotatable bonds is 4. The molecule has 2 rings (SSSR count). The Hall–Kier alpha value is -2.04. The van der Waals surface area contributed by atoms with Gasteiger partial charge in [-0.1, -0.05) is 12.8 Å². The summed E-state index contributed by atoms with van der Waals surface area (Å²) in [6.07, 6.45) is 3.64. The molecule has 1 amide bonds. The molecule has 23 heavy (non-hydrogen) atoms. The quantitative estimate of drug-likeness (QED) is 0.801. The molecular formula is C18H26N2O3. The predicted molar refractivity (Wildman–Crippen MR) is 90.7 cm³/mol. The second kappa shape index (κ2) is 7.99. The minimum absolute atomic E-state index is 0.0924. The second-order valence-electron chi connectivity index (χ2n) is 6.23. The van der Waals surface area contributed by atoms with Crippen molar-refractivity contribution in [3.63, 3.8) is 0 Å². The van der Waals surface area contributed by atoms with Crippen LogP contribution in [0.25, 0.3) is 0 Å². The molecule has 0 aliphatic carbocycles. The summed E-state index contributed by atoms with van der Waals surface area (Å²) in [6.45, 7) is 3.18. The van der Waals surface area contributed by atoms with Crippen LogP contribution < -0.4 is 4.90 Å². The number of likely N-dealkylation sites (tertiary alicyclic amines) is 1. The summed E-state index contributed by atoms with van der Waals surface area (Å²) in [5.41, 5.74) is 1.47. The Morgan fingerprint density at radius 2 is 1.61 bits per heavy atom. The Balaban J connectivity index is 1.94. The smallest absolute Gasteiger partial charge is 0.338 e. The number of esters is 1. The highest BCUT2D eigenvalue weighted by Gasteiger charge is 2.24. The van der Waals surface area contributed by atoms with Crippen molar-refractivity contribution in [2.45, 2.75) is 38.7 Å². The average Bonchev–Trinajstić information content (AvgIpc) is 2.83. The largest absolute Gasteiger partial charge is 0.449 e. The molecule has 0 radical (unpaired) electrons. The van der Waals surface area contributed by atoms with Crippen molar-refractivity contribution in [2.24, 2.45) is 0 Å². The molecule has 1 aliphatic heterocycles. The maximum Gasteiger partial charge on any atom is 0.338 e. The number of benzene rings is 1. The van der Waals surface area contributed by atoms with Gasteiger partial charge in [0.15, 0.2) is 6.10 Å². The first kappa shape index (κ1) is 17.3. The lowest BCUT2D eigenvalue weighted by atomic mass is 10.2. The molecule has 1 aromatic carbocycles. The van der Waals surface area contributed by atoms with Crippen molar-refractivity contribution >= 4 is 17.6 Å². The first-order valence-electron chi connectivity index (χ1n) is 8.26. The Bertz CT molecular complexity index is 532. The molecule has 5 nitrogen and oxygen atoms in total. The maximum atomic E-state index is 12.4. The van der Waals surface area contributed by atoms with Crippen LogP contribution in [0.1, 0.15) is 43.0 Å². The van der Waals surface area contributed by atoms with Crippen LogP contribution in [-0.4, -0.2) is 50.1 Å². The van der Waals surface area contributed by atoms with Crippen LogP contribution in [0.15, 0.2) is 24.3 Å². The third-order valence-electron chi connectivity index (χ3n) is 4.17. The van der Waals surface area contributed by atoms with E-state index in [0.29, 0.717) is 5.56 Å². The molecule has 1 atom stereocenters. The molecule has 0 spiro atoms. The fourth-order valence-corrected chi connectivity index (χ4v) is 2.72. The number of carbonyl (C=O) groups is 2. The van der Waals surface area contributed by atoms with Crippen molar-refractivity contribution in [1.82, 2.24) is 4.90 Å². The topological polar surface area (TPSA) is 49.9 Å². The molecule has 1 saturated heterocycles. The molecule has 0 unspecified atom stereocenters. The van der Waals surface area contributed by atoms with E-state index in [-0.39, 0.29) is 5.91 Å². The zero-order valence-corrected chi connectivity index (χ0v) is 14.2. The van der Waals surface area contributed by atoms with Gasteiger partial charge in [0.2, 0.25) is 0 Å². The lowest BCUT2D eigenvalue weighted by Gasteiger charge is -2.24. The zero-order valence-electron chi connectivity index (χ0n) is 14.2. The summed E-state index contributed by atoms with van der Waals surface area (Å²) in [4.78, 5) is 28.4. The summed E-state index contributed by atoms with van der Waals surface area (Å²) in [6, 6.07) is 7.16. The maximum absolute atomic E-state index is 12.4. The fourth-order valence-electron chi connectivity index (χ4n) is 2.72. The second-order valence-corrected chi connectivity index (χ2v) is 6.23. The fraction of sp³-hybridized carbons (Fsp3) is 0.556. The van der Waals surface area contributed by atoms with Gasteiger partial charge in [-0.15, -0.1) is 0 Å². The molecule has 1 aromatic rings. The third kappa shape index (κ3) is 4.71. The van der Waals surface area contributed by atoms with E-state index in [0.717, 1.165) is 44.5 Å². The molecule has 0 aromatic heterocycles. The van der Waals surface area contributed by atoms with Gasteiger partial charge in [0.1, 0.15) is 0 Å². The minimum Gasteiger partial charge on any atom is -0.449 e. The molecule has 126 valence electrons. The standard InChI is InChI=1S/C18H26N2O3/c1-14(17(21)20-12-6-4-5-7-13-20)23-18(22)15-8-10-16(11-9-15)19(2)3/h8-11,14H,4-7,12-13H2,1-3H3/t14-/m1/s1. The van der Waals surface area contributed by atoms with Crippen LogP contribution in [0.5, 0.6) is 0 Å². The van der Waals surface area contributed by atoms with E-state index in [2.05, 4.69) is 0 Å². The van der Waals surface area contributed by atoms with E-state index in [1.807, 2.05) is 36.0 Å². The van der Waals surface area contributed by atoms with Gasteiger partial charge in [0.05, 0.1) is 5.56 Å². The lowest BCUT2D eigenvalue weighted by molar-refractivity contribution is -0.139. The normalized spacial score (nSPS) is 16.4. The number of amides is 1. The lowest BCUT2D eigenvalue weighted by Crippen LogP contribution is -2.40. The number of ether oxygens (including phenoxy) is 1. The Morgan fingerprint density at radius 3 is 2.13 bits per heavy atom. The average molecular weight is 318 g/mol. The van der Waals surface area contributed by atoms with Gasteiger partial charge in [-0.3, -0.25) is 4.79 Å². The van der Waals surface area contributed by atoms with Gasteiger partial charge in [-0.05, 0) is 44.0 Å². The summed E-state index contributed by atoms with van der Waals surface area (Å²) < 4.78 is 5.35. The molecule has 1 fully saturated rings. The van der Waals surface area contributed by atoms with Gasteiger partial charge in [0.25, 0.3) is 5.91 Å². The number of anilines is 1. The Morgan fingerprint density at radius 1 is 1.04 bits per heavy atom. The van der Waals surface area contributed by atoms with Crippen LogP contribution in [-0.2, 0) is 9.53 Å². The highest BCUT2D eigenvalue weighted by Crippen LogP contribution is 2.15. The van der Waals surface area contributed by atoms with E-state index in [1.165, 1.54) is 0 Å². The first-order valence-corrected chi connectivity index (χ1v) is 8.26. The molecule has 0 bridgehead atoms. The van der Waals surface area contributed by atoms with Crippen molar-refractivity contribution in [3.05, 3.63) is 29.8 Å². The summed E-state index contributed by atoms with van der Waals surface area (Å²) in [7, 11) is 3.88. The van der Waals surface area contributed by atoms with Crippen LogP contribution in [0, 0.1) is 0 Å². The van der Waals surface area contributed by atoms with E-state index in [4.69, 9.17) is 4.74 Å². The van der Waals surface area contributed by atoms with Crippen LogP contribution >= 0.6 is 0 Å². The highest BCUT2D eigenvalue weighted by molar-refractivity contribution is 5.92. The highest BCUT2D eigenvalue weighted by atomic mass is 16.5. The number of hydrogen-bond donors (Lipinski definition) is 0. The molecule has 0 N–H and O–H groups in total. The van der Waals surface area contributed by atoms with Crippen molar-refractivity contribution in [1.29, 1.82) is 0 Å². The monoisotopic (exact) mass is 318 g/mol. The van der Waals surface area contributed by atoms with Crippen LogP contribution in [0.3, 0.4) is 0 Å². The number of nitrogens with zero attached hydrogens (tertiary/aromatic N) is 2. The SMILES string of the molecule is C[C@@H](OC(=O)c1ccc(N(C)C)cc1)C(=O)N1CCCCCC1. The van der Waals surface area contributed by atoms with Gasteiger partial charge >= 0.3 is 5.97 Å². The van der Waals surface area contributed by atoms with E-state index < -0.39 is 12.1 Å². The van der Waals surface area contributed by atoms with E-state index in [1.54, 1.807) is 19.1 Å². The summed E-state index contributed by atoms with van der Waals surface area (Å²) in [5.74, 6) is -0.545. The Labute approximate surface area is 138 Å². The van der Waals surface area contributed by atoms with Crippen molar-refractivity contribution in [3.8, 4) is 0 Å². The van der Waals surface area contributed by atoms with Gasteiger partial charge in [-0.25, -0.2) is 4.79 Å². The molecular weight excluding hydrogens is 292 g/mol. The van der Waals surface area contributed by atoms with Crippen molar-refractivity contribution in [2.75, 3.05) is 32.1 Å². The third-order valence-corrected chi connectivity index (χ3v) is 4.17. The van der Waals surface area contributed by atoms with Crippen LogP contribution in [0.2, 0.25) is 0 Å². The molecule has 0 saturated carbocycles. The Kier molecular flexibility index (Phi) is 6.02. The number of carbonyl (C=O) groups excluding carboxylic acids is 2. The summed E-state index contributed by atoms with van der Waals surface area (Å²) >= 11 is 0. The first-order chi connectivity index (χ1) is 11.0. The van der Waals surface area contributed by atoms with Gasteiger partial charge in [-0.2, -0.15) is 0 Å². The minimum atomic E-state index is -0.742. The van der Waals surface area contributed by atoms with Crippen molar-refractivity contribution < 1.29 is 14.3 Å². The van der Waals surface area contributed by atoms with E-state index in [9.17, 15) is 9.59 Å².